The first-order chi connectivity index (χ1) is 18.1. The lowest BCUT2D eigenvalue weighted by Gasteiger charge is -2.35. The number of aromatic nitrogens is 1. The summed E-state index contributed by atoms with van der Waals surface area (Å²) in [5.41, 5.74) is 6.22. The second kappa shape index (κ2) is 11.9. The molecule has 2 heterocycles. The normalized spacial score (nSPS) is 14.9. The maximum atomic E-state index is 6.40. The fourth-order valence-corrected chi connectivity index (χ4v) is 5.74. The molecule has 0 radical (unpaired) electrons. The number of hydrogen-bond donors (Lipinski definition) is 0. The van der Waals surface area contributed by atoms with Crippen LogP contribution in [0.25, 0.3) is 22.0 Å². The summed E-state index contributed by atoms with van der Waals surface area (Å²) in [6.45, 7) is 9.12. The third-order valence-electron chi connectivity index (χ3n) is 7.41. The van der Waals surface area contributed by atoms with Crippen molar-refractivity contribution in [2.24, 2.45) is 0 Å². The zero-order valence-electron chi connectivity index (χ0n) is 21.7. The number of unbranched alkanes of at least 4 members (excludes halogenated alkanes) is 1. The van der Waals surface area contributed by atoms with Gasteiger partial charge in [-0.15, -0.1) is 0 Å². The molecule has 0 saturated carbocycles. The minimum absolute atomic E-state index is 0.752. The van der Waals surface area contributed by atoms with Crippen LogP contribution in [-0.2, 0) is 19.6 Å². The number of rotatable bonds is 9. The quantitative estimate of drug-likeness (QED) is 0.218. The van der Waals surface area contributed by atoms with Gasteiger partial charge in [0.2, 0.25) is 0 Å². The highest BCUT2D eigenvalue weighted by Gasteiger charge is 2.20. The Bertz CT molecular complexity index is 1320. The monoisotopic (exact) mass is 535 g/mol. The molecule has 5 rings (SSSR count). The number of ether oxygens (including phenoxy) is 1. The van der Waals surface area contributed by atoms with Crippen LogP contribution in [-0.4, -0.2) is 47.7 Å². The molecule has 0 bridgehead atoms. The summed E-state index contributed by atoms with van der Waals surface area (Å²) in [7, 11) is 1.71. The molecule has 0 N–H and O–H groups in total. The van der Waals surface area contributed by atoms with Crippen LogP contribution in [0, 0.1) is 0 Å². The molecule has 0 spiro atoms. The average Bonchev–Trinajstić information content (AvgIpc) is 3.28. The third-order valence-corrected chi connectivity index (χ3v) is 8.12. The van der Waals surface area contributed by atoms with E-state index < -0.39 is 0 Å². The van der Waals surface area contributed by atoms with Crippen molar-refractivity contribution in [3.8, 4) is 16.9 Å². The van der Waals surface area contributed by atoms with E-state index in [1.54, 1.807) is 7.11 Å². The average molecular weight is 537 g/mol. The predicted molar refractivity (Wildman–Crippen MR) is 156 cm³/mol. The Labute approximate surface area is 230 Å². The minimum atomic E-state index is 0.752. The number of hydrogen-bond acceptors (Lipinski definition) is 3. The molecule has 37 heavy (non-hydrogen) atoms. The summed E-state index contributed by atoms with van der Waals surface area (Å²) in [6.07, 6.45) is 4.69. The van der Waals surface area contributed by atoms with Crippen molar-refractivity contribution >= 4 is 34.1 Å². The Morgan fingerprint density at radius 1 is 0.838 bits per heavy atom. The number of methoxy groups -OCH3 is 1. The number of aryl methyl sites for hydroxylation is 1. The van der Waals surface area contributed by atoms with Gasteiger partial charge >= 0.3 is 0 Å². The van der Waals surface area contributed by atoms with Crippen LogP contribution in [0.5, 0.6) is 5.75 Å². The second-order valence-corrected chi connectivity index (χ2v) is 10.7. The summed E-state index contributed by atoms with van der Waals surface area (Å²) in [5, 5.41) is 2.83. The molecule has 1 fully saturated rings. The van der Waals surface area contributed by atoms with E-state index in [9.17, 15) is 0 Å². The maximum absolute atomic E-state index is 6.40. The van der Waals surface area contributed by atoms with E-state index in [0.717, 1.165) is 67.2 Å². The molecule has 1 aliphatic rings. The highest BCUT2D eigenvalue weighted by molar-refractivity contribution is 6.35. The Hall–Kier alpha value is -2.50. The third kappa shape index (κ3) is 5.99. The number of benzene rings is 3. The van der Waals surface area contributed by atoms with E-state index >= 15 is 0 Å². The van der Waals surface area contributed by atoms with Gasteiger partial charge in [-0.25, -0.2) is 0 Å². The fraction of sp³-hybridized carbons (Fsp3) is 0.355. The van der Waals surface area contributed by atoms with Crippen LogP contribution in [0.3, 0.4) is 0 Å². The van der Waals surface area contributed by atoms with Crippen molar-refractivity contribution < 1.29 is 4.74 Å². The largest absolute Gasteiger partial charge is 0.497 e. The maximum Gasteiger partial charge on any atom is 0.118 e. The molecule has 6 heteroatoms. The first-order valence-electron chi connectivity index (χ1n) is 13.2. The summed E-state index contributed by atoms with van der Waals surface area (Å²) in [4.78, 5) is 5.00. The number of fused-ring (bicyclic) bond motifs is 1. The summed E-state index contributed by atoms with van der Waals surface area (Å²) in [5.74, 6) is 0.884. The van der Waals surface area contributed by atoms with E-state index in [2.05, 4.69) is 57.8 Å². The fourth-order valence-electron chi connectivity index (χ4n) is 5.23. The highest BCUT2D eigenvalue weighted by atomic mass is 35.5. The van der Waals surface area contributed by atoms with Crippen molar-refractivity contribution in [1.29, 1.82) is 0 Å². The lowest BCUT2D eigenvalue weighted by Crippen LogP contribution is -2.45. The van der Waals surface area contributed by atoms with Gasteiger partial charge in [0.05, 0.1) is 7.11 Å². The van der Waals surface area contributed by atoms with Gasteiger partial charge in [-0.2, -0.15) is 0 Å². The van der Waals surface area contributed by atoms with Gasteiger partial charge in [-0.05, 0) is 53.9 Å². The summed E-state index contributed by atoms with van der Waals surface area (Å²) >= 11 is 12.8. The molecule has 1 aromatic heterocycles. The van der Waals surface area contributed by atoms with E-state index in [4.69, 9.17) is 27.9 Å². The lowest BCUT2D eigenvalue weighted by atomic mass is 10.0. The molecular weight excluding hydrogens is 501 g/mol. The number of piperazine rings is 1. The van der Waals surface area contributed by atoms with Gasteiger partial charge in [-0.3, -0.25) is 9.80 Å². The van der Waals surface area contributed by atoms with Gasteiger partial charge in [0, 0.05) is 84.1 Å². The van der Waals surface area contributed by atoms with Gasteiger partial charge in [-0.1, -0.05) is 60.8 Å². The second-order valence-electron chi connectivity index (χ2n) is 9.92. The Morgan fingerprint density at radius 2 is 1.51 bits per heavy atom. The minimum Gasteiger partial charge on any atom is -0.497 e. The van der Waals surface area contributed by atoms with Gasteiger partial charge in [0.1, 0.15) is 5.75 Å². The van der Waals surface area contributed by atoms with Crippen molar-refractivity contribution in [3.63, 3.8) is 0 Å². The van der Waals surface area contributed by atoms with Crippen LogP contribution in [0.15, 0.2) is 66.9 Å². The molecule has 0 atom stereocenters. The first-order valence-corrected chi connectivity index (χ1v) is 13.9. The molecule has 1 aliphatic heterocycles. The zero-order valence-corrected chi connectivity index (χ0v) is 23.2. The van der Waals surface area contributed by atoms with Gasteiger partial charge < -0.3 is 9.30 Å². The Kier molecular flexibility index (Phi) is 8.41. The first kappa shape index (κ1) is 26.1. The van der Waals surface area contributed by atoms with E-state index in [0.29, 0.717) is 0 Å². The molecular formula is C31H35Cl2N3O. The van der Waals surface area contributed by atoms with Gasteiger partial charge in [0.25, 0.3) is 0 Å². The van der Waals surface area contributed by atoms with Crippen molar-refractivity contribution in [3.05, 3.63) is 88.0 Å². The van der Waals surface area contributed by atoms with Gasteiger partial charge in [0.15, 0.2) is 0 Å². The smallest absolute Gasteiger partial charge is 0.118 e. The van der Waals surface area contributed by atoms with Crippen LogP contribution in [0.2, 0.25) is 10.0 Å². The number of nitrogens with zero attached hydrogens (tertiary/aromatic N) is 3. The zero-order chi connectivity index (χ0) is 25.8. The van der Waals surface area contributed by atoms with E-state index in [-0.39, 0.29) is 0 Å². The molecule has 3 aromatic carbocycles. The molecule has 0 unspecified atom stereocenters. The lowest BCUT2D eigenvalue weighted by molar-refractivity contribution is 0.122. The molecule has 0 amide bonds. The number of halogens is 2. The molecule has 4 nitrogen and oxygen atoms in total. The SMILES string of the molecule is CCCCn1cc(-c2ccc(OC)cc2)c2cc(CN3CCN(Cc4c(Cl)cccc4Cl)CC3)ccc21. The molecule has 1 saturated heterocycles. The topological polar surface area (TPSA) is 20.6 Å². The molecule has 194 valence electrons. The van der Waals surface area contributed by atoms with Crippen LogP contribution < -0.4 is 4.74 Å². The Balaban J connectivity index is 1.31. The highest BCUT2D eigenvalue weighted by Crippen LogP contribution is 2.33. The Morgan fingerprint density at radius 3 is 2.16 bits per heavy atom. The van der Waals surface area contributed by atoms with E-state index in [1.165, 1.54) is 40.4 Å². The van der Waals surface area contributed by atoms with Crippen LogP contribution >= 0.6 is 23.2 Å². The van der Waals surface area contributed by atoms with Crippen LogP contribution in [0.1, 0.15) is 30.9 Å². The summed E-state index contributed by atoms with van der Waals surface area (Å²) < 4.78 is 7.80. The van der Waals surface area contributed by atoms with Crippen molar-refractivity contribution in [2.45, 2.75) is 39.4 Å². The molecule has 0 aliphatic carbocycles. The van der Waals surface area contributed by atoms with E-state index in [1.807, 2.05) is 30.3 Å². The summed E-state index contributed by atoms with van der Waals surface area (Å²) in [6, 6.07) is 21.2. The predicted octanol–water partition coefficient (Wildman–Crippen LogP) is 7.74. The van der Waals surface area contributed by atoms with Crippen molar-refractivity contribution in [1.82, 2.24) is 14.4 Å². The standard InChI is InChI=1S/C31H35Cl2N3O/c1-3-4-14-36-22-27(24-9-11-25(37-2)12-10-24)26-19-23(8-13-31(26)36)20-34-15-17-35(18-16-34)21-28-29(32)6-5-7-30(28)33/h5-13,19,22H,3-4,14-18,20-21H2,1-2H3. The molecule has 4 aromatic rings. The van der Waals surface area contributed by atoms with Crippen LogP contribution in [0.4, 0.5) is 0 Å². The van der Waals surface area contributed by atoms with Crippen molar-refractivity contribution in [2.75, 3.05) is 33.3 Å².